The Kier molecular flexibility index (Phi) is 2.81. The number of benzene rings is 1. The van der Waals surface area contributed by atoms with E-state index in [1.165, 1.54) is 0 Å². The van der Waals surface area contributed by atoms with Crippen LogP contribution in [0.1, 0.15) is 25.0 Å². The highest BCUT2D eigenvalue weighted by molar-refractivity contribution is 5.78. The maximum Gasteiger partial charge on any atom is 0.304 e. The Morgan fingerprint density at radius 3 is 2.88 bits per heavy atom. The molecule has 82 valence electrons. The molecule has 1 heterocycles. The summed E-state index contributed by atoms with van der Waals surface area (Å²) in [5, 5.41) is 17.8. The summed E-state index contributed by atoms with van der Waals surface area (Å²) >= 11 is 0. The quantitative estimate of drug-likeness (QED) is 0.854. The zero-order chi connectivity index (χ0) is 11.5. The number of hydrogen-bond acceptors (Lipinski definition) is 3. The van der Waals surface area contributed by atoms with Crippen molar-refractivity contribution in [2.75, 3.05) is 0 Å². The Labute approximate surface area is 92.9 Å². The number of rotatable bonds is 3. The number of aliphatic carboxylic acids is 1. The molecule has 0 bridgehead atoms. The van der Waals surface area contributed by atoms with E-state index in [9.17, 15) is 4.79 Å². The van der Waals surface area contributed by atoms with Gasteiger partial charge in [0.05, 0.1) is 17.6 Å². The predicted molar refractivity (Wildman–Crippen MR) is 60.2 cm³/mol. The van der Waals surface area contributed by atoms with E-state index < -0.39 is 5.97 Å². The summed E-state index contributed by atoms with van der Waals surface area (Å²) in [5.74, 6) is -0.933. The molecular formula is C12H12N2O2. The van der Waals surface area contributed by atoms with Crippen LogP contribution in [0.15, 0.2) is 30.3 Å². The van der Waals surface area contributed by atoms with Crippen LogP contribution >= 0.6 is 0 Å². The van der Waals surface area contributed by atoms with Crippen molar-refractivity contribution in [3.05, 3.63) is 36.0 Å². The van der Waals surface area contributed by atoms with Crippen molar-refractivity contribution >= 4 is 16.9 Å². The van der Waals surface area contributed by atoms with Gasteiger partial charge in [-0.2, -0.15) is 10.2 Å². The first-order valence-electron chi connectivity index (χ1n) is 5.11. The zero-order valence-corrected chi connectivity index (χ0v) is 8.92. The molecule has 16 heavy (non-hydrogen) atoms. The van der Waals surface area contributed by atoms with Crippen LogP contribution in [0.2, 0.25) is 0 Å². The molecule has 0 fully saturated rings. The molecule has 4 nitrogen and oxygen atoms in total. The molecule has 0 aliphatic rings. The second kappa shape index (κ2) is 4.26. The molecular weight excluding hydrogens is 204 g/mol. The molecule has 1 aromatic carbocycles. The topological polar surface area (TPSA) is 63.1 Å². The summed E-state index contributed by atoms with van der Waals surface area (Å²) in [5.41, 5.74) is 1.55. The fourth-order valence-corrected chi connectivity index (χ4v) is 1.61. The lowest BCUT2D eigenvalue weighted by molar-refractivity contribution is -0.137. The molecule has 0 saturated carbocycles. The first kappa shape index (κ1) is 10.5. The van der Waals surface area contributed by atoms with Crippen LogP contribution in [-0.4, -0.2) is 21.3 Å². The van der Waals surface area contributed by atoms with Crippen molar-refractivity contribution in [1.82, 2.24) is 10.2 Å². The highest BCUT2D eigenvalue weighted by Gasteiger charge is 2.12. The van der Waals surface area contributed by atoms with Crippen molar-refractivity contribution in [3.63, 3.8) is 0 Å². The van der Waals surface area contributed by atoms with E-state index in [0.717, 1.165) is 16.6 Å². The number of nitrogens with zero attached hydrogens (tertiary/aromatic N) is 2. The molecule has 0 saturated heterocycles. The third-order valence-electron chi connectivity index (χ3n) is 2.50. The summed E-state index contributed by atoms with van der Waals surface area (Å²) in [6.45, 7) is 1.84. The lowest BCUT2D eigenvalue weighted by atomic mass is 10.0. The molecule has 2 rings (SSSR count). The summed E-state index contributed by atoms with van der Waals surface area (Å²) in [6, 6.07) is 9.55. The number of carboxylic acid groups (broad SMARTS) is 1. The van der Waals surface area contributed by atoms with E-state index in [2.05, 4.69) is 10.2 Å². The van der Waals surface area contributed by atoms with Gasteiger partial charge in [-0.25, -0.2) is 0 Å². The highest BCUT2D eigenvalue weighted by Crippen LogP contribution is 2.19. The first-order valence-corrected chi connectivity index (χ1v) is 5.11. The van der Waals surface area contributed by atoms with Gasteiger partial charge in [0.1, 0.15) is 0 Å². The maximum atomic E-state index is 10.6. The average molecular weight is 216 g/mol. The monoisotopic (exact) mass is 216 g/mol. The van der Waals surface area contributed by atoms with Crippen molar-refractivity contribution < 1.29 is 9.90 Å². The van der Waals surface area contributed by atoms with Crippen LogP contribution in [0.25, 0.3) is 10.9 Å². The van der Waals surface area contributed by atoms with Crippen molar-refractivity contribution in [2.45, 2.75) is 19.3 Å². The van der Waals surface area contributed by atoms with Crippen LogP contribution in [-0.2, 0) is 4.79 Å². The summed E-state index contributed by atoms with van der Waals surface area (Å²) in [6.07, 6.45) is 0.0764. The van der Waals surface area contributed by atoms with E-state index in [1.54, 1.807) is 0 Å². The summed E-state index contributed by atoms with van der Waals surface area (Å²) in [4.78, 5) is 10.6. The van der Waals surface area contributed by atoms with Gasteiger partial charge in [-0.1, -0.05) is 25.1 Å². The molecule has 0 amide bonds. The number of aromatic nitrogens is 2. The van der Waals surface area contributed by atoms with E-state index in [-0.39, 0.29) is 12.3 Å². The molecule has 0 radical (unpaired) electrons. The Balaban J connectivity index is 2.35. The van der Waals surface area contributed by atoms with Crippen LogP contribution in [0.3, 0.4) is 0 Å². The van der Waals surface area contributed by atoms with Gasteiger partial charge in [0.2, 0.25) is 0 Å². The lowest BCUT2D eigenvalue weighted by Gasteiger charge is -2.07. The fraction of sp³-hybridized carbons (Fsp3) is 0.250. The molecule has 0 spiro atoms. The summed E-state index contributed by atoms with van der Waals surface area (Å²) < 4.78 is 0. The molecule has 1 N–H and O–H groups in total. The van der Waals surface area contributed by atoms with Gasteiger partial charge < -0.3 is 5.11 Å². The maximum absolute atomic E-state index is 10.6. The largest absolute Gasteiger partial charge is 0.481 e. The minimum absolute atomic E-state index is 0.0764. The second-order valence-electron chi connectivity index (χ2n) is 3.83. The van der Waals surface area contributed by atoms with Crippen LogP contribution in [0, 0.1) is 0 Å². The van der Waals surface area contributed by atoms with E-state index in [0.29, 0.717) is 0 Å². The molecule has 1 atom stereocenters. The van der Waals surface area contributed by atoms with Gasteiger partial charge in [-0.05, 0) is 12.1 Å². The van der Waals surface area contributed by atoms with Gasteiger partial charge in [0, 0.05) is 11.3 Å². The smallest absolute Gasteiger partial charge is 0.304 e. The Hall–Kier alpha value is -1.97. The SMILES string of the molecule is CC(CC(=O)O)c1cc2ccccc2nn1. The average Bonchev–Trinajstić information content (AvgIpc) is 2.27. The number of carbonyl (C=O) groups is 1. The standard InChI is InChI=1S/C12H12N2O2/c1-8(6-12(15)16)11-7-9-4-2-3-5-10(9)13-14-11/h2-5,7-8H,6H2,1H3,(H,15,16). The predicted octanol–water partition coefficient (Wildman–Crippen LogP) is 2.21. The molecule has 0 aliphatic heterocycles. The van der Waals surface area contributed by atoms with Gasteiger partial charge in [-0.3, -0.25) is 4.79 Å². The number of hydrogen-bond donors (Lipinski definition) is 1. The van der Waals surface area contributed by atoms with Gasteiger partial charge in [-0.15, -0.1) is 0 Å². The second-order valence-corrected chi connectivity index (χ2v) is 3.83. The van der Waals surface area contributed by atoms with Gasteiger partial charge in [0.15, 0.2) is 0 Å². The first-order chi connectivity index (χ1) is 7.66. The van der Waals surface area contributed by atoms with Crippen LogP contribution in [0.4, 0.5) is 0 Å². The number of fused-ring (bicyclic) bond motifs is 1. The lowest BCUT2D eigenvalue weighted by Crippen LogP contribution is -2.05. The molecule has 0 aliphatic carbocycles. The highest BCUT2D eigenvalue weighted by atomic mass is 16.4. The van der Waals surface area contributed by atoms with E-state index >= 15 is 0 Å². The van der Waals surface area contributed by atoms with Crippen LogP contribution in [0.5, 0.6) is 0 Å². The Morgan fingerprint density at radius 1 is 1.38 bits per heavy atom. The van der Waals surface area contributed by atoms with Gasteiger partial charge >= 0.3 is 5.97 Å². The van der Waals surface area contributed by atoms with Crippen molar-refractivity contribution in [2.24, 2.45) is 0 Å². The third kappa shape index (κ3) is 2.16. The van der Waals surface area contributed by atoms with Crippen molar-refractivity contribution in [1.29, 1.82) is 0 Å². The minimum atomic E-state index is -0.817. The van der Waals surface area contributed by atoms with E-state index in [4.69, 9.17) is 5.11 Å². The minimum Gasteiger partial charge on any atom is -0.481 e. The molecule has 1 aromatic heterocycles. The normalized spacial score (nSPS) is 12.6. The van der Waals surface area contributed by atoms with Gasteiger partial charge in [0.25, 0.3) is 0 Å². The van der Waals surface area contributed by atoms with Crippen LogP contribution < -0.4 is 0 Å². The Bertz CT molecular complexity index is 525. The van der Waals surface area contributed by atoms with Crippen molar-refractivity contribution in [3.8, 4) is 0 Å². The molecule has 1 unspecified atom stereocenters. The Morgan fingerprint density at radius 2 is 2.12 bits per heavy atom. The zero-order valence-electron chi connectivity index (χ0n) is 8.92. The third-order valence-corrected chi connectivity index (χ3v) is 2.50. The summed E-state index contributed by atoms with van der Waals surface area (Å²) in [7, 11) is 0. The number of carboxylic acids is 1. The molecule has 2 aromatic rings. The van der Waals surface area contributed by atoms with E-state index in [1.807, 2.05) is 37.3 Å². The molecule has 4 heteroatoms. The fourth-order valence-electron chi connectivity index (χ4n) is 1.61.